The Bertz CT molecular complexity index is 1220. The number of hydrogen-bond acceptors (Lipinski definition) is 4. The highest BCUT2D eigenvalue weighted by Crippen LogP contribution is 2.50. The second-order valence-electron chi connectivity index (χ2n) is 7.97. The lowest BCUT2D eigenvalue weighted by Crippen LogP contribution is -2.29. The summed E-state index contributed by atoms with van der Waals surface area (Å²) in [5.41, 5.74) is 3.76. The standard InChI is InChI=1S/C25H24N2O3S/c1-30-19-12-10-17(11-13-19)25-22-9-5-8-21(22)23-16-20(14-15-24(23)26-25)31(28,29)27-18-6-3-2-4-7-18/h2-8,10-16,21-22,25-27H,9H2,1H3/t21-,22+,25+/m1/s1. The van der Waals surface area contributed by atoms with E-state index in [-0.39, 0.29) is 16.9 Å². The van der Waals surface area contributed by atoms with Crippen molar-refractivity contribution in [2.45, 2.75) is 23.3 Å². The SMILES string of the molecule is COc1ccc([C@@H]2Nc3ccc(S(=O)(=O)Nc4ccccc4)cc3[C@@H]3C=CC[C@@H]32)cc1. The summed E-state index contributed by atoms with van der Waals surface area (Å²) in [5.74, 6) is 1.35. The lowest BCUT2D eigenvalue weighted by Gasteiger charge is -2.37. The first-order valence-corrected chi connectivity index (χ1v) is 11.8. The third-order valence-corrected chi connectivity index (χ3v) is 7.52. The van der Waals surface area contributed by atoms with Gasteiger partial charge in [0.05, 0.1) is 18.0 Å². The molecule has 158 valence electrons. The maximum absolute atomic E-state index is 13.0. The zero-order chi connectivity index (χ0) is 21.4. The molecule has 0 bridgehead atoms. The van der Waals surface area contributed by atoms with Crippen LogP contribution in [0.3, 0.4) is 0 Å². The molecular weight excluding hydrogens is 408 g/mol. The topological polar surface area (TPSA) is 67.4 Å². The minimum Gasteiger partial charge on any atom is -0.497 e. The first-order valence-electron chi connectivity index (χ1n) is 10.3. The zero-order valence-corrected chi connectivity index (χ0v) is 18.0. The average molecular weight is 433 g/mol. The number of fused-ring (bicyclic) bond motifs is 3. The van der Waals surface area contributed by atoms with E-state index in [0.717, 1.165) is 23.4 Å². The molecule has 3 aromatic carbocycles. The van der Waals surface area contributed by atoms with E-state index in [1.807, 2.05) is 42.5 Å². The molecule has 6 heteroatoms. The van der Waals surface area contributed by atoms with Crippen LogP contribution in [0.5, 0.6) is 5.75 Å². The highest BCUT2D eigenvalue weighted by atomic mass is 32.2. The lowest BCUT2D eigenvalue weighted by atomic mass is 9.77. The van der Waals surface area contributed by atoms with Crippen molar-refractivity contribution in [3.63, 3.8) is 0 Å². The van der Waals surface area contributed by atoms with E-state index < -0.39 is 10.0 Å². The fourth-order valence-corrected chi connectivity index (χ4v) is 5.69. The molecule has 2 N–H and O–H groups in total. The fraction of sp³-hybridized carbons (Fsp3) is 0.200. The molecule has 5 nitrogen and oxygen atoms in total. The Kier molecular flexibility index (Phi) is 4.94. The average Bonchev–Trinajstić information content (AvgIpc) is 3.29. The number of ether oxygens (including phenoxy) is 1. The zero-order valence-electron chi connectivity index (χ0n) is 17.2. The van der Waals surface area contributed by atoms with Crippen LogP contribution in [0.15, 0.2) is 89.8 Å². The third kappa shape index (κ3) is 3.68. The number of rotatable bonds is 5. The first-order chi connectivity index (χ1) is 15.0. The number of benzene rings is 3. The van der Waals surface area contributed by atoms with Gasteiger partial charge in [-0.2, -0.15) is 0 Å². The van der Waals surface area contributed by atoms with Crippen LogP contribution in [0.1, 0.15) is 29.5 Å². The predicted octanol–water partition coefficient (Wildman–Crippen LogP) is 5.32. The molecule has 3 atom stereocenters. The van der Waals surface area contributed by atoms with E-state index in [4.69, 9.17) is 4.74 Å². The molecule has 1 heterocycles. The third-order valence-electron chi connectivity index (χ3n) is 6.15. The molecule has 0 aromatic heterocycles. The maximum Gasteiger partial charge on any atom is 0.261 e. The summed E-state index contributed by atoms with van der Waals surface area (Å²) < 4.78 is 33.9. The van der Waals surface area contributed by atoms with Gasteiger partial charge in [0.15, 0.2) is 0 Å². The van der Waals surface area contributed by atoms with Crippen molar-refractivity contribution in [1.29, 1.82) is 0 Å². The van der Waals surface area contributed by atoms with Crippen LogP contribution in [-0.4, -0.2) is 15.5 Å². The van der Waals surface area contributed by atoms with Crippen molar-refractivity contribution in [3.8, 4) is 5.75 Å². The summed E-state index contributed by atoms with van der Waals surface area (Å²) in [6.45, 7) is 0. The molecule has 0 saturated heterocycles. The van der Waals surface area contributed by atoms with E-state index in [0.29, 0.717) is 11.6 Å². The van der Waals surface area contributed by atoms with Crippen LogP contribution in [0.4, 0.5) is 11.4 Å². The quantitative estimate of drug-likeness (QED) is 0.535. The van der Waals surface area contributed by atoms with Crippen LogP contribution < -0.4 is 14.8 Å². The first kappa shape index (κ1) is 19.7. The Morgan fingerprint density at radius 3 is 2.52 bits per heavy atom. The smallest absolute Gasteiger partial charge is 0.261 e. The fourth-order valence-electron chi connectivity index (χ4n) is 4.60. The number of methoxy groups -OCH3 is 1. The minimum absolute atomic E-state index is 0.156. The second-order valence-corrected chi connectivity index (χ2v) is 9.65. The van der Waals surface area contributed by atoms with Gasteiger partial charge in [0.25, 0.3) is 10.0 Å². The van der Waals surface area contributed by atoms with Crippen LogP contribution in [0.25, 0.3) is 0 Å². The van der Waals surface area contributed by atoms with E-state index in [1.54, 1.807) is 25.3 Å². The number of nitrogens with one attached hydrogen (secondary N) is 2. The van der Waals surface area contributed by atoms with Crippen molar-refractivity contribution >= 4 is 21.4 Å². The summed E-state index contributed by atoms with van der Waals surface area (Å²) in [6.07, 6.45) is 5.36. The van der Waals surface area contributed by atoms with E-state index in [9.17, 15) is 8.42 Å². The maximum atomic E-state index is 13.0. The monoisotopic (exact) mass is 432 g/mol. The molecule has 1 aliphatic carbocycles. The molecular formula is C25H24N2O3S. The molecule has 3 aromatic rings. The van der Waals surface area contributed by atoms with E-state index in [1.165, 1.54) is 5.56 Å². The van der Waals surface area contributed by atoms with Gasteiger partial charge < -0.3 is 10.1 Å². The van der Waals surface area contributed by atoms with Gasteiger partial charge in [-0.25, -0.2) is 8.42 Å². The number of sulfonamides is 1. The van der Waals surface area contributed by atoms with Crippen molar-refractivity contribution in [3.05, 3.63) is 96.1 Å². The number of anilines is 2. The predicted molar refractivity (Wildman–Crippen MR) is 123 cm³/mol. The Labute approximate surface area is 182 Å². The molecule has 0 spiro atoms. The Morgan fingerprint density at radius 1 is 1.00 bits per heavy atom. The molecule has 0 fully saturated rings. The van der Waals surface area contributed by atoms with Crippen molar-refractivity contribution in [1.82, 2.24) is 0 Å². The van der Waals surface area contributed by atoms with Gasteiger partial charge in [0.2, 0.25) is 0 Å². The van der Waals surface area contributed by atoms with Gasteiger partial charge >= 0.3 is 0 Å². The van der Waals surface area contributed by atoms with Crippen LogP contribution in [0, 0.1) is 5.92 Å². The highest BCUT2D eigenvalue weighted by Gasteiger charge is 2.38. The van der Waals surface area contributed by atoms with Crippen molar-refractivity contribution in [2.24, 2.45) is 5.92 Å². The second kappa shape index (κ2) is 7.78. The molecule has 0 amide bonds. The Morgan fingerprint density at radius 2 is 1.77 bits per heavy atom. The number of allylic oxidation sites excluding steroid dienone is 2. The van der Waals surface area contributed by atoms with Gasteiger partial charge in [0.1, 0.15) is 5.75 Å². The van der Waals surface area contributed by atoms with Crippen molar-refractivity contribution in [2.75, 3.05) is 17.1 Å². The normalized spacial score (nSPS) is 21.6. The molecule has 2 aliphatic rings. The summed E-state index contributed by atoms with van der Waals surface area (Å²) >= 11 is 0. The summed E-state index contributed by atoms with van der Waals surface area (Å²) in [7, 11) is -2.00. The highest BCUT2D eigenvalue weighted by molar-refractivity contribution is 7.92. The van der Waals surface area contributed by atoms with Gasteiger partial charge in [-0.1, -0.05) is 42.5 Å². The van der Waals surface area contributed by atoms with E-state index >= 15 is 0 Å². The largest absolute Gasteiger partial charge is 0.497 e. The molecule has 0 saturated carbocycles. The lowest BCUT2D eigenvalue weighted by molar-refractivity contribution is 0.411. The number of para-hydroxylation sites is 1. The summed E-state index contributed by atoms with van der Waals surface area (Å²) in [4.78, 5) is 0.277. The molecule has 0 radical (unpaired) electrons. The minimum atomic E-state index is -3.66. The van der Waals surface area contributed by atoms with Gasteiger partial charge in [-0.05, 0) is 65.9 Å². The van der Waals surface area contributed by atoms with Crippen LogP contribution >= 0.6 is 0 Å². The Hall–Kier alpha value is -3.25. The molecule has 31 heavy (non-hydrogen) atoms. The number of hydrogen-bond donors (Lipinski definition) is 2. The molecule has 0 unspecified atom stereocenters. The summed E-state index contributed by atoms with van der Waals surface area (Å²) in [5, 5.41) is 3.65. The Balaban J connectivity index is 1.48. The van der Waals surface area contributed by atoms with Gasteiger partial charge in [0, 0.05) is 17.3 Å². The van der Waals surface area contributed by atoms with E-state index in [2.05, 4.69) is 34.3 Å². The summed E-state index contributed by atoms with van der Waals surface area (Å²) in [6, 6.07) is 22.6. The van der Waals surface area contributed by atoms with Gasteiger partial charge in [-0.3, -0.25) is 4.72 Å². The van der Waals surface area contributed by atoms with Crippen molar-refractivity contribution < 1.29 is 13.2 Å². The van der Waals surface area contributed by atoms with Gasteiger partial charge in [-0.15, -0.1) is 0 Å². The van der Waals surface area contributed by atoms with Crippen LogP contribution in [0.2, 0.25) is 0 Å². The van der Waals surface area contributed by atoms with Crippen LogP contribution in [-0.2, 0) is 10.0 Å². The molecule has 1 aliphatic heterocycles. The molecule has 5 rings (SSSR count).